The SMILES string of the molecule is CNC(=O)c1[nH]c(C2CCN(S(=O)(=O)c3cn(C)cn3)CC2)nc1-c1ccc(F)cc1. The van der Waals surface area contributed by atoms with E-state index in [1.807, 2.05) is 0 Å². The molecule has 2 N–H and O–H groups in total. The minimum absolute atomic E-state index is 0.0342. The average molecular weight is 447 g/mol. The van der Waals surface area contributed by atoms with Gasteiger partial charge in [0.15, 0.2) is 5.03 Å². The number of hydrogen-bond acceptors (Lipinski definition) is 5. The van der Waals surface area contributed by atoms with Crippen molar-refractivity contribution in [3.05, 3.63) is 54.1 Å². The third-order valence-electron chi connectivity index (χ3n) is 5.42. The third kappa shape index (κ3) is 4.10. The Kier molecular flexibility index (Phi) is 5.63. The van der Waals surface area contributed by atoms with Gasteiger partial charge in [-0.05, 0) is 37.1 Å². The van der Waals surface area contributed by atoms with E-state index in [-0.39, 0.29) is 22.7 Å². The smallest absolute Gasteiger partial charge is 0.269 e. The molecule has 0 bridgehead atoms. The Morgan fingerprint density at radius 2 is 1.90 bits per heavy atom. The van der Waals surface area contributed by atoms with Crippen LogP contribution in [0.2, 0.25) is 0 Å². The molecule has 4 rings (SSSR count). The van der Waals surface area contributed by atoms with Crippen molar-refractivity contribution in [2.24, 2.45) is 7.05 Å². The molecule has 1 aromatic carbocycles. The van der Waals surface area contributed by atoms with Gasteiger partial charge in [0.1, 0.15) is 23.0 Å². The van der Waals surface area contributed by atoms with Crippen molar-refractivity contribution in [2.45, 2.75) is 23.8 Å². The summed E-state index contributed by atoms with van der Waals surface area (Å²) in [5.41, 5.74) is 1.36. The Hall–Kier alpha value is -3.05. The van der Waals surface area contributed by atoms with E-state index in [1.165, 1.54) is 36.0 Å². The molecule has 3 aromatic rings. The van der Waals surface area contributed by atoms with Crippen molar-refractivity contribution >= 4 is 15.9 Å². The van der Waals surface area contributed by atoms with Gasteiger partial charge in [0.05, 0.1) is 6.33 Å². The summed E-state index contributed by atoms with van der Waals surface area (Å²) in [4.78, 5) is 24.1. The molecule has 3 heterocycles. The van der Waals surface area contributed by atoms with Crippen LogP contribution in [0.15, 0.2) is 41.8 Å². The zero-order valence-corrected chi connectivity index (χ0v) is 18.0. The topological polar surface area (TPSA) is 113 Å². The number of carbonyl (C=O) groups excluding carboxylic acids is 1. The summed E-state index contributed by atoms with van der Waals surface area (Å²) < 4.78 is 41.9. The van der Waals surface area contributed by atoms with Gasteiger partial charge in [-0.3, -0.25) is 4.79 Å². The number of nitrogens with one attached hydrogen (secondary N) is 2. The summed E-state index contributed by atoms with van der Waals surface area (Å²) in [7, 11) is -0.397. The van der Waals surface area contributed by atoms with E-state index >= 15 is 0 Å². The predicted molar refractivity (Wildman–Crippen MR) is 111 cm³/mol. The van der Waals surface area contributed by atoms with Gasteiger partial charge < -0.3 is 14.9 Å². The summed E-state index contributed by atoms with van der Waals surface area (Å²) in [5, 5.41) is 2.62. The van der Waals surface area contributed by atoms with Gasteiger partial charge in [-0.15, -0.1) is 0 Å². The zero-order valence-electron chi connectivity index (χ0n) is 17.2. The number of amides is 1. The van der Waals surface area contributed by atoms with Gasteiger partial charge in [-0.25, -0.2) is 22.8 Å². The maximum Gasteiger partial charge on any atom is 0.269 e. The Morgan fingerprint density at radius 3 is 2.48 bits per heavy atom. The Bertz CT molecular complexity index is 1190. The number of halogens is 1. The number of benzene rings is 1. The quantitative estimate of drug-likeness (QED) is 0.621. The fraction of sp³-hybridized carbons (Fsp3) is 0.350. The number of hydrogen-bond donors (Lipinski definition) is 2. The molecule has 9 nitrogen and oxygen atoms in total. The van der Waals surface area contributed by atoms with Gasteiger partial charge in [0.2, 0.25) is 0 Å². The number of rotatable bonds is 5. The molecule has 0 spiro atoms. The lowest BCUT2D eigenvalue weighted by Crippen LogP contribution is -2.38. The molecular formula is C20H23FN6O3S. The van der Waals surface area contributed by atoms with Gasteiger partial charge >= 0.3 is 0 Å². The molecule has 0 radical (unpaired) electrons. The van der Waals surface area contributed by atoms with Crippen LogP contribution in [0.25, 0.3) is 11.3 Å². The number of aromatic amines is 1. The van der Waals surface area contributed by atoms with Crippen molar-refractivity contribution < 1.29 is 17.6 Å². The molecule has 1 aliphatic rings. The van der Waals surface area contributed by atoms with Gasteiger partial charge in [0, 0.05) is 44.9 Å². The largest absolute Gasteiger partial charge is 0.354 e. The molecular weight excluding hydrogens is 423 g/mol. The van der Waals surface area contributed by atoms with Crippen molar-refractivity contribution in [2.75, 3.05) is 20.1 Å². The Balaban J connectivity index is 1.56. The van der Waals surface area contributed by atoms with Crippen LogP contribution in [0.3, 0.4) is 0 Å². The van der Waals surface area contributed by atoms with Crippen LogP contribution >= 0.6 is 0 Å². The van der Waals surface area contributed by atoms with Gasteiger partial charge in [-0.1, -0.05) is 0 Å². The third-order valence-corrected chi connectivity index (χ3v) is 7.20. The number of carbonyl (C=O) groups is 1. The van der Waals surface area contributed by atoms with Crippen LogP contribution in [0.1, 0.15) is 35.1 Å². The second-order valence-electron chi connectivity index (χ2n) is 7.49. The zero-order chi connectivity index (χ0) is 22.2. The highest BCUT2D eigenvalue weighted by atomic mass is 32.2. The summed E-state index contributed by atoms with van der Waals surface area (Å²) >= 11 is 0. The first-order chi connectivity index (χ1) is 14.8. The van der Waals surface area contributed by atoms with E-state index in [2.05, 4.69) is 20.3 Å². The average Bonchev–Trinajstić information content (AvgIpc) is 3.41. The van der Waals surface area contributed by atoms with Crippen molar-refractivity contribution in [3.63, 3.8) is 0 Å². The molecule has 1 aliphatic heterocycles. The van der Waals surface area contributed by atoms with Crippen LogP contribution in [-0.2, 0) is 17.1 Å². The second kappa shape index (κ2) is 8.23. The van der Waals surface area contributed by atoms with Crippen molar-refractivity contribution in [1.29, 1.82) is 0 Å². The van der Waals surface area contributed by atoms with E-state index in [0.717, 1.165) is 0 Å². The first kappa shape index (κ1) is 21.2. The van der Waals surface area contributed by atoms with Crippen molar-refractivity contribution in [3.8, 4) is 11.3 Å². The maximum atomic E-state index is 13.3. The number of sulfonamides is 1. The first-order valence-corrected chi connectivity index (χ1v) is 11.3. The van der Waals surface area contributed by atoms with Crippen LogP contribution in [0.4, 0.5) is 4.39 Å². The molecule has 0 aliphatic carbocycles. The minimum atomic E-state index is -3.64. The number of nitrogens with zero attached hydrogens (tertiary/aromatic N) is 4. The van der Waals surface area contributed by atoms with Crippen molar-refractivity contribution in [1.82, 2.24) is 29.1 Å². The molecule has 11 heteroatoms. The predicted octanol–water partition coefficient (Wildman–Crippen LogP) is 1.88. The molecule has 1 amide bonds. The number of H-pyrrole nitrogens is 1. The fourth-order valence-electron chi connectivity index (χ4n) is 3.71. The summed E-state index contributed by atoms with van der Waals surface area (Å²) in [6.45, 7) is 0.650. The number of aryl methyl sites for hydroxylation is 1. The van der Waals surface area contributed by atoms with Crippen LogP contribution in [0, 0.1) is 5.82 Å². The number of aromatic nitrogens is 4. The van der Waals surface area contributed by atoms with Gasteiger partial charge in [0.25, 0.3) is 15.9 Å². The summed E-state index contributed by atoms with van der Waals surface area (Å²) in [6, 6.07) is 5.78. The highest BCUT2D eigenvalue weighted by Crippen LogP contribution is 2.32. The Labute approximate surface area is 179 Å². The van der Waals surface area contributed by atoms with E-state index in [1.54, 1.807) is 23.7 Å². The molecule has 0 atom stereocenters. The van der Waals surface area contributed by atoms with E-state index < -0.39 is 10.0 Å². The second-order valence-corrected chi connectivity index (χ2v) is 9.37. The summed E-state index contributed by atoms with van der Waals surface area (Å²) in [5.74, 6) is -0.115. The molecule has 0 unspecified atom stereocenters. The first-order valence-electron chi connectivity index (χ1n) is 9.85. The molecule has 31 heavy (non-hydrogen) atoms. The molecule has 164 valence electrons. The van der Waals surface area contributed by atoms with Gasteiger partial charge in [-0.2, -0.15) is 4.31 Å². The van der Waals surface area contributed by atoms with E-state index in [0.29, 0.717) is 48.7 Å². The monoisotopic (exact) mass is 446 g/mol. The minimum Gasteiger partial charge on any atom is -0.354 e. The number of imidazole rings is 2. The van der Waals surface area contributed by atoms with E-state index in [4.69, 9.17) is 0 Å². The summed E-state index contributed by atoms with van der Waals surface area (Å²) in [6.07, 6.45) is 4.05. The molecule has 0 saturated carbocycles. The standard InChI is InChI=1S/C20H23FN6O3S/c1-22-20(28)18-17(13-3-5-15(21)6-4-13)24-19(25-18)14-7-9-27(10-8-14)31(29,30)16-11-26(2)12-23-16/h3-6,11-12,14H,7-10H2,1-2H3,(H,22,28)(H,24,25). The molecule has 2 aromatic heterocycles. The number of piperidine rings is 1. The maximum absolute atomic E-state index is 13.3. The normalized spacial score (nSPS) is 15.8. The highest BCUT2D eigenvalue weighted by molar-refractivity contribution is 7.89. The molecule has 1 saturated heterocycles. The van der Waals surface area contributed by atoms with Crippen LogP contribution in [-0.4, -0.2) is 58.3 Å². The Morgan fingerprint density at radius 1 is 1.23 bits per heavy atom. The lowest BCUT2D eigenvalue weighted by atomic mass is 9.97. The molecule has 1 fully saturated rings. The van der Waals surface area contributed by atoms with E-state index in [9.17, 15) is 17.6 Å². The van der Waals surface area contributed by atoms with Crippen LogP contribution < -0.4 is 5.32 Å². The lowest BCUT2D eigenvalue weighted by Gasteiger charge is -2.29. The lowest BCUT2D eigenvalue weighted by molar-refractivity contribution is 0.0959. The fourth-order valence-corrected chi connectivity index (χ4v) is 5.15. The highest BCUT2D eigenvalue weighted by Gasteiger charge is 2.33. The van der Waals surface area contributed by atoms with Crippen LogP contribution in [0.5, 0.6) is 0 Å².